The van der Waals surface area contributed by atoms with Crippen LogP contribution in [0.3, 0.4) is 0 Å². The van der Waals surface area contributed by atoms with E-state index in [0.717, 1.165) is 0 Å². The maximum absolute atomic E-state index is 12.6. The third-order valence-electron chi connectivity index (χ3n) is 5.57. The van der Waals surface area contributed by atoms with E-state index in [-0.39, 0.29) is 37.0 Å². The predicted octanol–water partition coefficient (Wildman–Crippen LogP) is 1.42. The maximum Gasteiger partial charge on any atom is 0.239 e. The largest absolute Gasteiger partial charge is 0.486 e. The van der Waals surface area contributed by atoms with Crippen molar-refractivity contribution in [1.82, 2.24) is 19.8 Å². The van der Waals surface area contributed by atoms with Crippen molar-refractivity contribution >= 4 is 17.6 Å². The highest BCUT2D eigenvalue weighted by molar-refractivity contribution is 6.00. The van der Waals surface area contributed by atoms with Crippen LogP contribution in [0.25, 0.3) is 0 Å². The number of imidazole rings is 1. The summed E-state index contributed by atoms with van der Waals surface area (Å²) in [5.74, 6) is 0.355. The van der Waals surface area contributed by atoms with Gasteiger partial charge >= 0.3 is 0 Å². The van der Waals surface area contributed by atoms with E-state index in [2.05, 4.69) is 10.3 Å². The second kappa shape index (κ2) is 8.06. The molecule has 2 aliphatic heterocycles. The average molecular weight is 396 g/mol. The fraction of sp³-hybridized carbons (Fsp3) is 0.429. The van der Waals surface area contributed by atoms with Crippen LogP contribution >= 0.6 is 0 Å². The Kier molecular flexibility index (Phi) is 5.33. The summed E-state index contributed by atoms with van der Waals surface area (Å²) in [5, 5.41) is 2.83. The van der Waals surface area contributed by atoms with Crippen molar-refractivity contribution in [2.45, 2.75) is 37.8 Å². The van der Waals surface area contributed by atoms with E-state index in [4.69, 9.17) is 4.74 Å². The third-order valence-corrected chi connectivity index (χ3v) is 5.57. The van der Waals surface area contributed by atoms with Crippen molar-refractivity contribution < 1.29 is 19.1 Å². The lowest BCUT2D eigenvalue weighted by atomic mass is 9.84. The van der Waals surface area contributed by atoms with Crippen LogP contribution in [0.2, 0.25) is 0 Å². The molecule has 0 radical (unpaired) electrons. The van der Waals surface area contributed by atoms with Gasteiger partial charge in [-0.15, -0.1) is 0 Å². The molecule has 8 heteroatoms. The number of ether oxygens (including phenoxy) is 1. The molecule has 0 bridgehead atoms. The first-order chi connectivity index (χ1) is 14.0. The van der Waals surface area contributed by atoms with E-state index < -0.39 is 5.60 Å². The number of aromatic nitrogens is 2. The van der Waals surface area contributed by atoms with Gasteiger partial charge in [0.25, 0.3) is 0 Å². The Morgan fingerprint density at radius 3 is 2.93 bits per heavy atom. The van der Waals surface area contributed by atoms with Gasteiger partial charge in [-0.3, -0.25) is 14.4 Å². The monoisotopic (exact) mass is 396 g/mol. The molecule has 1 atom stereocenters. The fourth-order valence-electron chi connectivity index (χ4n) is 3.94. The summed E-state index contributed by atoms with van der Waals surface area (Å²) >= 11 is 0. The molecule has 3 heterocycles. The normalized spacial score (nSPS) is 21.4. The van der Waals surface area contributed by atoms with Crippen LogP contribution in [0.1, 0.15) is 36.0 Å². The number of likely N-dealkylation sites (tertiary alicyclic amines) is 1. The second-order valence-corrected chi connectivity index (χ2v) is 7.60. The minimum absolute atomic E-state index is 0.0172. The highest BCUT2D eigenvalue weighted by atomic mass is 16.5. The van der Waals surface area contributed by atoms with Crippen LogP contribution in [0.5, 0.6) is 5.75 Å². The molecule has 2 aliphatic rings. The Hall–Kier alpha value is -3.16. The van der Waals surface area contributed by atoms with Gasteiger partial charge in [0.1, 0.15) is 11.4 Å². The van der Waals surface area contributed by atoms with Gasteiger partial charge in [-0.05, 0) is 18.6 Å². The number of rotatable bonds is 5. The number of hydrogen-bond acceptors (Lipinski definition) is 5. The smallest absolute Gasteiger partial charge is 0.239 e. The van der Waals surface area contributed by atoms with Gasteiger partial charge in [0, 0.05) is 44.9 Å². The van der Waals surface area contributed by atoms with Crippen molar-refractivity contribution in [2.24, 2.45) is 0 Å². The molecule has 1 aromatic heterocycles. The van der Waals surface area contributed by atoms with E-state index in [1.54, 1.807) is 29.6 Å². The first kappa shape index (κ1) is 19.2. The molecule has 2 amide bonds. The Bertz CT molecular complexity index is 911. The van der Waals surface area contributed by atoms with Crippen molar-refractivity contribution in [2.75, 3.05) is 19.6 Å². The van der Waals surface area contributed by atoms with Gasteiger partial charge in [0.05, 0.1) is 24.9 Å². The first-order valence-corrected chi connectivity index (χ1v) is 9.86. The zero-order chi connectivity index (χ0) is 20.3. The summed E-state index contributed by atoms with van der Waals surface area (Å²) in [7, 11) is 0. The lowest BCUT2D eigenvalue weighted by Gasteiger charge is -2.37. The number of benzene rings is 1. The molecule has 8 nitrogen and oxygen atoms in total. The number of carbonyl (C=O) groups excluding carboxylic acids is 3. The van der Waals surface area contributed by atoms with E-state index in [1.165, 1.54) is 0 Å². The zero-order valence-corrected chi connectivity index (χ0v) is 16.2. The van der Waals surface area contributed by atoms with Crippen molar-refractivity contribution in [3.8, 4) is 5.75 Å². The molecule has 1 spiro atoms. The molecule has 0 saturated carbocycles. The van der Waals surface area contributed by atoms with Gasteiger partial charge < -0.3 is 19.5 Å². The standard InChI is InChI=1S/C21H24N4O4/c26-17-13-21(29-18-4-2-1-3-16(17)18)6-5-20(28)25(10-7-21)14-19(27)23-9-12-24-11-8-22-15-24/h1-4,8,11,15H,5-7,9-10,12-14H2,(H,23,27). The van der Waals surface area contributed by atoms with E-state index in [1.807, 2.05) is 22.9 Å². The summed E-state index contributed by atoms with van der Waals surface area (Å²) in [6, 6.07) is 7.23. The fourth-order valence-corrected chi connectivity index (χ4v) is 3.94. The van der Waals surface area contributed by atoms with Gasteiger partial charge in [0.15, 0.2) is 5.78 Å². The number of carbonyl (C=O) groups is 3. The van der Waals surface area contributed by atoms with Gasteiger partial charge in [-0.1, -0.05) is 12.1 Å². The molecular formula is C21H24N4O4. The summed E-state index contributed by atoms with van der Waals surface area (Å²) in [5.41, 5.74) is -0.0730. The van der Waals surface area contributed by atoms with Crippen molar-refractivity contribution in [3.63, 3.8) is 0 Å². The summed E-state index contributed by atoms with van der Waals surface area (Å²) in [4.78, 5) is 42.9. The van der Waals surface area contributed by atoms with Crippen LogP contribution in [0, 0.1) is 0 Å². The minimum Gasteiger partial charge on any atom is -0.486 e. The Morgan fingerprint density at radius 2 is 2.10 bits per heavy atom. The van der Waals surface area contributed by atoms with Gasteiger partial charge in [0.2, 0.25) is 11.8 Å². The van der Waals surface area contributed by atoms with E-state index in [0.29, 0.717) is 43.8 Å². The van der Waals surface area contributed by atoms with Crippen LogP contribution in [0.4, 0.5) is 0 Å². The molecule has 1 fully saturated rings. The van der Waals surface area contributed by atoms with Gasteiger partial charge in [-0.2, -0.15) is 0 Å². The van der Waals surface area contributed by atoms with Crippen molar-refractivity contribution in [1.29, 1.82) is 0 Å². The summed E-state index contributed by atoms with van der Waals surface area (Å²) < 4.78 is 8.08. The van der Waals surface area contributed by atoms with Crippen LogP contribution < -0.4 is 10.1 Å². The quantitative estimate of drug-likeness (QED) is 0.825. The summed E-state index contributed by atoms with van der Waals surface area (Å²) in [6.45, 7) is 1.50. The zero-order valence-electron chi connectivity index (χ0n) is 16.2. The molecule has 0 aliphatic carbocycles. The lowest BCUT2D eigenvalue weighted by molar-refractivity contribution is -0.135. The number of fused-ring (bicyclic) bond motifs is 1. The number of hydrogen-bond donors (Lipinski definition) is 1. The highest BCUT2D eigenvalue weighted by Gasteiger charge is 2.43. The predicted molar refractivity (Wildman–Crippen MR) is 104 cm³/mol. The van der Waals surface area contributed by atoms with Crippen LogP contribution in [0.15, 0.2) is 43.0 Å². The van der Waals surface area contributed by atoms with Crippen molar-refractivity contribution in [3.05, 3.63) is 48.5 Å². The topological polar surface area (TPSA) is 93.5 Å². The molecule has 29 heavy (non-hydrogen) atoms. The lowest BCUT2D eigenvalue weighted by Crippen LogP contribution is -2.44. The number of nitrogens with one attached hydrogen (secondary N) is 1. The summed E-state index contributed by atoms with van der Waals surface area (Å²) in [6.07, 6.45) is 6.73. The first-order valence-electron chi connectivity index (χ1n) is 9.86. The molecule has 1 aromatic carbocycles. The molecule has 1 saturated heterocycles. The number of para-hydroxylation sites is 1. The molecular weight excluding hydrogens is 372 g/mol. The maximum atomic E-state index is 12.6. The third kappa shape index (κ3) is 4.31. The molecule has 1 unspecified atom stereocenters. The highest BCUT2D eigenvalue weighted by Crippen LogP contribution is 2.39. The van der Waals surface area contributed by atoms with E-state index in [9.17, 15) is 14.4 Å². The Morgan fingerprint density at radius 1 is 1.24 bits per heavy atom. The molecule has 4 rings (SSSR count). The Labute approximate surface area is 168 Å². The van der Waals surface area contributed by atoms with Gasteiger partial charge in [-0.25, -0.2) is 4.98 Å². The number of amides is 2. The number of nitrogens with zero attached hydrogens (tertiary/aromatic N) is 3. The molecule has 152 valence electrons. The minimum atomic E-state index is -0.673. The number of Topliss-reactive ketones (excluding diaryl/α,β-unsaturated/α-hetero) is 1. The van der Waals surface area contributed by atoms with Crippen LogP contribution in [-0.4, -0.2) is 57.3 Å². The Balaban J connectivity index is 1.34. The van der Waals surface area contributed by atoms with Crippen LogP contribution in [-0.2, 0) is 16.1 Å². The van der Waals surface area contributed by atoms with E-state index >= 15 is 0 Å². The average Bonchev–Trinajstić information content (AvgIpc) is 3.18. The SMILES string of the molecule is O=C(CN1CCC2(CCC1=O)CC(=O)c1ccccc1O2)NCCn1ccnc1. The number of ketones is 1. The second-order valence-electron chi connectivity index (χ2n) is 7.60. The molecule has 2 aromatic rings. The molecule has 1 N–H and O–H groups in total.